The van der Waals surface area contributed by atoms with Gasteiger partial charge in [0, 0.05) is 12.2 Å². The zero-order valence-corrected chi connectivity index (χ0v) is 13.6. The molecule has 0 aliphatic heterocycles. The molecule has 2 aromatic carbocycles. The molecular formula is C18H19FN4O. The van der Waals surface area contributed by atoms with Crippen LogP contribution in [0.5, 0.6) is 0 Å². The zero-order chi connectivity index (χ0) is 17.5. The van der Waals surface area contributed by atoms with E-state index in [0.717, 1.165) is 5.56 Å². The first kappa shape index (κ1) is 17.4. The van der Waals surface area contributed by atoms with Crippen molar-refractivity contribution in [1.82, 2.24) is 10.2 Å². The topological polar surface area (TPSA) is 68.2 Å². The number of nitriles is 1. The molecule has 5 nitrogen and oxygen atoms in total. The Bertz CT molecular complexity index is 720. The number of anilines is 1. The molecule has 0 saturated heterocycles. The first-order valence-corrected chi connectivity index (χ1v) is 7.46. The summed E-state index contributed by atoms with van der Waals surface area (Å²) in [6.07, 6.45) is 0. The van der Waals surface area contributed by atoms with Crippen LogP contribution < -0.4 is 10.6 Å². The van der Waals surface area contributed by atoms with E-state index in [1.165, 1.54) is 12.1 Å². The lowest BCUT2D eigenvalue weighted by molar-refractivity contribution is 0.243. The normalized spacial score (nSPS) is 11.6. The molecule has 0 aliphatic rings. The van der Waals surface area contributed by atoms with E-state index in [4.69, 9.17) is 5.26 Å². The van der Waals surface area contributed by atoms with E-state index in [1.54, 1.807) is 36.4 Å². The third kappa shape index (κ3) is 4.80. The van der Waals surface area contributed by atoms with Crippen LogP contribution in [-0.2, 0) is 0 Å². The van der Waals surface area contributed by atoms with Gasteiger partial charge in [-0.1, -0.05) is 12.1 Å². The highest BCUT2D eigenvalue weighted by Crippen LogP contribution is 2.18. The van der Waals surface area contributed by atoms with Crippen molar-refractivity contribution < 1.29 is 9.18 Å². The van der Waals surface area contributed by atoms with Crippen molar-refractivity contribution in [1.29, 1.82) is 5.26 Å². The quantitative estimate of drug-likeness (QED) is 0.887. The molecule has 0 heterocycles. The molecule has 0 fully saturated rings. The number of amides is 2. The van der Waals surface area contributed by atoms with Gasteiger partial charge in [0.25, 0.3) is 0 Å². The van der Waals surface area contributed by atoms with Crippen molar-refractivity contribution in [2.75, 3.05) is 26.0 Å². The SMILES string of the molecule is CN(C)[C@@H](CNC(=O)Nc1ccc(C#N)cc1)c1ccc(F)cc1. The maximum atomic E-state index is 13.0. The number of hydrogen-bond acceptors (Lipinski definition) is 3. The molecule has 0 aliphatic carbocycles. The molecule has 2 aromatic rings. The lowest BCUT2D eigenvalue weighted by atomic mass is 10.1. The van der Waals surface area contributed by atoms with Crippen LogP contribution in [0.2, 0.25) is 0 Å². The van der Waals surface area contributed by atoms with Gasteiger partial charge in [-0.05, 0) is 56.1 Å². The summed E-state index contributed by atoms with van der Waals surface area (Å²) < 4.78 is 13.0. The van der Waals surface area contributed by atoms with Crippen LogP contribution in [0.1, 0.15) is 17.2 Å². The maximum absolute atomic E-state index is 13.0. The number of likely N-dealkylation sites (N-methyl/N-ethyl adjacent to an activating group) is 1. The number of urea groups is 1. The second-order valence-electron chi connectivity index (χ2n) is 5.56. The fraction of sp³-hybridized carbons (Fsp3) is 0.222. The number of carbonyl (C=O) groups is 1. The van der Waals surface area contributed by atoms with Crippen molar-refractivity contribution in [2.24, 2.45) is 0 Å². The van der Waals surface area contributed by atoms with Gasteiger partial charge in [-0.2, -0.15) is 5.26 Å². The monoisotopic (exact) mass is 326 g/mol. The number of benzene rings is 2. The van der Waals surface area contributed by atoms with E-state index in [9.17, 15) is 9.18 Å². The summed E-state index contributed by atoms with van der Waals surface area (Å²) in [5.74, 6) is -0.289. The van der Waals surface area contributed by atoms with Crippen LogP contribution in [0.15, 0.2) is 48.5 Å². The number of hydrogen-bond donors (Lipinski definition) is 2. The number of carbonyl (C=O) groups excluding carboxylic acids is 1. The molecule has 0 aromatic heterocycles. The second kappa shape index (κ2) is 8.09. The van der Waals surface area contributed by atoms with Gasteiger partial charge in [0.05, 0.1) is 17.7 Å². The summed E-state index contributed by atoms with van der Waals surface area (Å²) in [5.41, 5.74) is 2.06. The van der Waals surface area contributed by atoms with E-state index >= 15 is 0 Å². The Labute approximate surface area is 140 Å². The molecule has 0 saturated carbocycles. The minimum atomic E-state index is -0.339. The van der Waals surface area contributed by atoms with Crippen LogP contribution in [0.3, 0.4) is 0 Å². The lowest BCUT2D eigenvalue weighted by Gasteiger charge is -2.25. The largest absolute Gasteiger partial charge is 0.336 e. The summed E-state index contributed by atoms with van der Waals surface area (Å²) in [5, 5.41) is 14.3. The van der Waals surface area contributed by atoms with Crippen molar-refractivity contribution in [3.63, 3.8) is 0 Å². The van der Waals surface area contributed by atoms with E-state index in [-0.39, 0.29) is 17.9 Å². The van der Waals surface area contributed by atoms with Crippen LogP contribution in [0.4, 0.5) is 14.9 Å². The third-order valence-corrected chi connectivity index (χ3v) is 3.61. The highest BCUT2D eigenvalue weighted by Gasteiger charge is 2.15. The third-order valence-electron chi connectivity index (χ3n) is 3.61. The minimum Gasteiger partial charge on any atom is -0.336 e. The Hall–Kier alpha value is -2.91. The van der Waals surface area contributed by atoms with E-state index in [0.29, 0.717) is 17.8 Å². The molecule has 2 amide bonds. The smallest absolute Gasteiger partial charge is 0.319 e. The Morgan fingerprint density at radius 1 is 1.17 bits per heavy atom. The van der Waals surface area contributed by atoms with Crippen LogP contribution >= 0.6 is 0 Å². The summed E-state index contributed by atoms with van der Waals surface area (Å²) in [6, 6.07) is 14.4. The molecule has 124 valence electrons. The molecular weight excluding hydrogens is 307 g/mol. The molecule has 0 spiro atoms. The molecule has 0 unspecified atom stereocenters. The summed E-state index contributed by atoms with van der Waals surface area (Å²) in [4.78, 5) is 14.0. The van der Waals surface area contributed by atoms with Crippen molar-refractivity contribution >= 4 is 11.7 Å². The van der Waals surface area contributed by atoms with Crippen molar-refractivity contribution in [3.05, 3.63) is 65.5 Å². The van der Waals surface area contributed by atoms with Gasteiger partial charge in [0.2, 0.25) is 0 Å². The predicted octanol–water partition coefficient (Wildman–Crippen LogP) is 3.12. The van der Waals surface area contributed by atoms with Gasteiger partial charge in [-0.15, -0.1) is 0 Å². The van der Waals surface area contributed by atoms with Crippen LogP contribution in [-0.4, -0.2) is 31.6 Å². The molecule has 6 heteroatoms. The number of rotatable bonds is 5. The average molecular weight is 326 g/mol. The Balaban J connectivity index is 1.94. The molecule has 0 radical (unpaired) electrons. The minimum absolute atomic E-state index is 0.0719. The van der Waals surface area contributed by atoms with E-state index in [2.05, 4.69) is 10.6 Å². The molecule has 2 N–H and O–H groups in total. The van der Waals surface area contributed by atoms with Gasteiger partial charge in [-0.25, -0.2) is 9.18 Å². The Morgan fingerprint density at radius 2 is 1.79 bits per heavy atom. The fourth-order valence-electron chi connectivity index (χ4n) is 2.28. The zero-order valence-electron chi connectivity index (χ0n) is 13.6. The molecule has 24 heavy (non-hydrogen) atoms. The summed E-state index contributed by atoms with van der Waals surface area (Å²) in [6.45, 7) is 0.376. The summed E-state index contributed by atoms with van der Waals surface area (Å²) >= 11 is 0. The predicted molar refractivity (Wildman–Crippen MR) is 91.0 cm³/mol. The van der Waals surface area contributed by atoms with Crippen molar-refractivity contribution in [3.8, 4) is 6.07 Å². The van der Waals surface area contributed by atoms with Gasteiger partial charge in [0.1, 0.15) is 5.82 Å². The van der Waals surface area contributed by atoms with E-state index in [1.807, 2.05) is 25.1 Å². The van der Waals surface area contributed by atoms with Gasteiger partial charge in [0.15, 0.2) is 0 Å². The van der Waals surface area contributed by atoms with Gasteiger partial charge < -0.3 is 15.5 Å². The van der Waals surface area contributed by atoms with Crippen LogP contribution in [0.25, 0.3) is 0 Å². The second-order valence-corrected chi connectivity index (χ2v) is 5.56. The van der Waals surface area contributed by atoms with Crippen LogP contribution in [0, 0.1) is 17.1 Å². The first-order valence-electron chi connectivity index (χ1n) is 7.46. The Kier molecular flexibility index (Phi) is 5.88. The highest BCUT2D eigenvalue weighted by molar-refractivity contribution is 5.89. The van der Waals surface area contributed by atoms with Gasteiger partial charge in [-0.3, -0.25) is 0 Å². The first-order chi connectivity index (χ1) is 11.5. The lowest BCUT2D eigenvalue weighted by Crippen LogP contribution is -2.36. The fourth-order valence-corrected chi connectivity index (χ4v) is 2.28. The van der Waals surface area contributed by atoms with Gasteiger partial charge >= 0.3 is 6.03 Å². The summed E-state index contributed by atoms with van der Waals surface area (Å²) in [7, 11) is 3.79. The van der Waals surface area contributed by atoms with Crippen molar-refractivity contribution in [2.45, 2.75) is 6.04 Å². The standard InChI is InChI=1S/C18H19FN4O/c1-23(2)17(14-5-7-15(19)8-6-14)12-21-18(24)22-16-9-3-13(11-20)4-10-16/h3-10,17H,12H2,1-2H3,(H2,21,22,24)/t17-/m0/s1. The average Bonchev–Trinajstić information content (AvgIpc) is 2.57. The molecule has 2 rings (SSSR count). The Morgan fingerprint density at radius 3 is 2.33 bits per heavy atom. The molecule has 1 atom stereocenters. The number of nitrogens with one attached hydrogen (secondary N) is 2. The maximum Gasteiger partial charge on any atom is 0.319 e. The number of nitrogens with zero attached hydrogens (tertiary/aromatic N) is 2. The number of halogens is 1. The molecule has 0 bridgehead atoms. The highest BCUT2D eigenvalue weighted by atomic mass is 19.1. The van der Waals surface area contributed by atoms with E-state index < -0.39 is 0 Å².